The summed E-state index contributed by atoms with van der Waals surface area (Å²) < 4.78 is 16.0. The number of aromatic nitrogens is 7. The van der Waals surface area contributed by atoms with Crippen LogP contribution < -0.4 is 11.1 Å². The minimum absolute atomic E-state index is 0.0382. The van der Waals surface area contributed by atoms with Gasteiger partial charge < -0.3 is 11.1 Å². The van der Waals surface area contributed by atoms with E-state index in [4.69, 9.17) is 5.73 Å². The summed E-state index contributed by atoms with van der Waals surface area (Å²) in [5.41, 5.74) is 7.01. The maximum absolute atomic E-state index is 13.3. The molecule has 0 radical (unpaired) electrons. The highest BCUT2D eigenvalue weighted by atomic mass is 19.1. The molecule has 4 rings (SSSR count). The fraction of sp³-hybridized carbons (Fsp3) is 0.125. The predicted molar refractivity (Wildman–Crippen MR) is 93.9 cm³/mol. The lowest BCUT2D eigenvalue weighted by molar-refractivity contribution is 0.102. The third-order valence-electron chi connectivity index (χ3n) is 3.84. The molecular weight excluding hydrogens is 353 g/mol. The molecule has 0 aliphatic heterocycles. The Bertz CT molecular complexity index is 1180. The van der Waals surface area contributed by atoms with E-state index in [2.05, 4.69) is 30.5 Å². The summed E-state index contributed by atoms with van der Waals surface area (Å²) >= 11 is 0. The zero-order chi connectivity index (χ0) is 19.1. The SMILES string of the molecule is Cc1nc(C)n(-c2ccncc2NC(=O)c2c(N)nn3cc(F)cnc23)n1. The number of hydrogen-bond acceptors (Lipinski definition) is 7. The van der Waals surface area contributed by atoms with Crippen LogP contribution in [0.5, 0.6) is 0 Å². The third kappa shape index (κ3) is 2.84. The summed E-state index contributed by atoms with van der Waals surface area (Å²) in [6, 6.07) is 1.70. The number of anilines is 2. The van der Waals surface area contributed by atoms with E-state index in [-0.39, 0.29) is 17.0 Å². The van der Waals surface area contributed by atoms with E-state index in [9.17, 15) is 9.18 Å². The number of amides is 1. The first-order valence-electron chi connectivity index (χ1n) is 7.89. The van der Waals surface area contributed by atoms with E-state index in [0.29, 0.717) is 23.0 Å². The molecule has 3 N–H and O–H groups in total. The number of nitrogens with zero attached hydrogens (tertiary/aromatic N) is 7. The van der Waals surface area contributed by atoms with Gasteiger partial charge in [-0.2, -0.15) is 5.10 Å². The van der Waals surface area contributed by atoms with Crippen LogP contribution in [0.15, 0.2) is 30.9 Å². The van der Waals surface area contributed by atoms with Crippen molar-refractivity contribution >= 4 is 23.1 Å². The topological polar surface area (TPSA) is 129 Å². The lowest BCUT2D eigenvalue weighted by Gasteiger charge is -2.11. The van der Waals surface area contributed by atoms with Gasteiger partial charge in [0.1, 0.15) is 17.2 Å². The van der Waals surface area contributed by atoms with Gasteiger partial charge in [0.15, 0.2) is 17.3 Å². The van der Waals surface area contributed by atoms with Gasteiger partial charge in [-0.25, -0.2) is 23.6 Å². The number of halogens is 1. The molecule has 1 amide bonds. The number of rotatable bonds is 3. The van der Waals surface area contributed by atoms with E-state index in [1.54, 1.807) is 30.8 Å². The largest absolute Gasteiger partial charge is 0.381 e. The molecule has 0 spiro atoms. The van der Waals surface area contributed by atoms with Crippen molar-refractivity contribution in [2.24, 2.45) is 0 Å². The second kappa shape index (κ2) is 6.12. The lowest BCUT2D eigenvalue weighted by atomic mass is 10.2. The van der Waals surface area contributed by atoms with Gasteiger partial charge in [0.2, 0.25) is 0 Å². The summed E-state index contributed by atoms with van der Waals surface area (Å²) in [5.74, 6) is 0.0410. The molecule has 4 aromatic heterocycles. The van der Waals surface area contributed by atoms with Gasteiger partial charge in [0, 0.05) is 6.20 Å². The average Bonchev–Trinajstić information content (AvgIpc) is 3.12. The molecule has 4 heterocycles. The van der Waals surface area contributed by atoms with E-state index in [1.807, 2.05) is 0 Å². The Balaban J connectivity index is 1.75. The van der Waals surface area contributed by atoms with Crippen molar-refractivity contribution in [3.8, 4) is 5.69 Å². The van der Waals surface area contributed by atoms with Crippen LogP contribution in [0.1, 0.15) is 22.0 Å². The lowest BCUT2D eigenvalue weighted by Crippen LogP contribution is -2.16. The zero-order valence-corrected chi connectivity index (χ0v) is 14.4. The Morgan fingerprint density at radius 2 is 2.07 bits per heavy atom. The fourth-order valence-corrected chi connectivity index (χ4v) is 2.75. The summed E-state index contributed by atoms with van der Waals surface area (Å²) in [6.07, 6.45) is 5.14. The number of nitrogen functional groups attached to an aromatic ring is 1. The Kier molecular flexibility index (Phi) is 3.76. The van der Waals surface area contributed by atoms with Crippen LogP contribution in [-0.4, -0.2) is 40.3 Å². The van der Waals surface area contributed by atoms with Gasteiger partial charge in [0.05, 0.1) is 30.0 Å². The highest BCUT2D eigenvalue weighted by Crippen LogP contribution is 2.23. The predicted octanol–water partition coefficient (Wildman–Crippen LogP) is 1.30. The minimum atomic E-state index is -0.594. The van der Waals surface area contributed by atoms with Crippen molar-refractivity contribution < 1.29 is 9.18 Å². The molecular formula is C16H14FN9O. The van der Waals surface area contributed by atoms with Crippen molar-refractivity contribution in [3.05, 3.63) is 53.9 Å². The Labute approximate surface area is 151 Å². The molecule has 0 fully saturated rings. The number of nitrogens with two attached hydrogens (primary N) is 1. The van der Waals surface area contributed by atoms with Crippen molar-refractivity contribution in [1.29, 1.82) is 0 Å². The first kappa shape index (κ1) is 16.6. The van der Waals surface area contributed by atoms with Gasteiger partial charge in [-0.15, -0.1) is 5.10 Å². The van der Waals surface area contributed by atoms with Crippen molar-refractivity contribution in [2.75, 3.05) is 11.1 Å². The maximum Gasteiger partial charge on any atom is 0.263 e. The number of hydrogen-bond donors (Lipinski definition) is 2. The highest BCUT2D eigenvalue weighted by Gasteiger charge is 2.21. The van der Waals surface area contributed by atoms with Gasteiger partial charge in [-0.05, 0) is 19.9 Å². The van der Waals surface area contributed by atoms with Gasteiger partial charge in [-0.3, -0.25) is 9.78 Å². The van der Waals surface area contributed by atoms with Crippen LogP contribution in [0, 0.1) is 19.7 Å². The molecule has 0 aromatic carbocycles. The van der Waals surface area contributed by atoms with Crippen molar-refractivity contribution in [1.82, 2.24) is 34.3 Å². The van der Waals surface area contributed by atoms with Gasteiger partial charge in [-0.1, -0.05) is 0 Å². The molecule has 10 nitrogen and oxygen atoms in total. The number of aryl methyl sites for hydroxylation is 2. The molecule has 27 heavy (non-hydrogen) atoms. The highest BCUT2D eigenvalue weighted by molar-refractivity contribution is 6.12. The van der Waals surface area contributed by atoms with E-state index in [1.165, 1.54) is 6.20 Å². The molecule has 0 bridgehead atoms. The number of carbonyl (C=O) groups excluding carboxylic acids is 1. The monoisotopic (exact) mass is 367 g/mol. The van der Waals surface area contributed by atoms with Crippen LogP contribution >= 0.6 is 0 Å². The maximum atomic E-state index is 13.3. The van der Waals surface area contributed by atoms with Gasteiger partial charge in [0.25, 0.3) is 5.91 Å². The number of carbonyl (C=O) groups is 1. The number of fused-ring (bicyclic) bond motifs is 1. The Morgan fingerprint density at radius 1 is 1.26 bits per heavy atom. The van der Waals surface area contributed by atoms with E-state index in [0.717, 1.165) is 16.9 Å². The number of nitrogens with one attached hydrogen (secondary N) is 1. The molecule has 0 saturated carbocycles. The Morgan fingerprint density at radius 3 is 2.81 bits per heavy atom. The first-order valence-corrected chi connectivity index (χ1v) is 7.89. The van der Waals surface area contributed by atoms with Crippen molar-refractivity contribution in [2.45, 2.75) is 13.8 Å². The minimum Gasteiger partial charge on any atom is -0.381 e. The summed E-state index contributed by atoms with van der Waals surface area (Å²) in [5, 5.41) is 11.0. The number of pyridine rings is 1. The second-order valence-electron chi connectivity index (χ2n) is 5.77. The smallest absolute Gasteiger partial charge is 0.263 e. The van der Waals surface area contributed by atoms with Gasteiger partial charge >= 0.3 is 0 Å². The van der Waals surface area contributed by atoms with Crippen molar-refractivity contribution in [3.63, 3.8) is 0 Å². The summed E-state index contributed by atoms with van der Waals surface area (Å²) in [4.78, 5) is 25.0. The molecule has 0 aliphatic rings. The molecule has 0 saturated heterocycles. The molecule has 0 atom stereocenters. The van der Waals surface area contributed by atoms with Crippen LogP contribution in [-0.2, 0) is 0 Å². The van der Waals surface area contributed by atoms with Crippen LogP contribution in [0.4, 0.5) is 15.9 Å². The van der Waals surface area contributed by atoms with Crippen LogP contribution in [0.25, 0.3) is 11.3 Å². The zero-order valence-electron chi connectivity index (χ0n) is 14.4. The standard InChI is InChI=1S/C16H14FN9O/c1-8-21-9(2)26(23-8)12-3-4-19-6-11(12)22-16(27)13-14(18)24-25-7-10(17)5-20-15(13)25/h3-7H,1-2H3,(H2,18,24)(H,22,27). The second-order valence-corrected chi connectivity index (χ2v) is 5.77. The molecule has 0 aliphatic carbocycles. The van der Waals surface area contributed by atoms with E-state index < -0.39 is 11.7 Å². The average molecular weight is 367 g/mol. The molecule has 136 valence electrons. The van der Waals surface area contributed by atoms with Crippen LogP contribution in [0.2, 0.25) is 0 Å². The molecule has 11 heteroatoms. The fourth-order valence-electron chi connectivity index (χ4n) is 2.75. The third-order valence-corrected chi connectivity index (χ3v) is 3.84. The normalized spacial score (nSPS) is 11.1. The molecule has 0 unspecified atom stereocenters. The van der Waals surface area contributed by atoms with Crippen LogP contribution in [0.3, 0.4) is 0 Å². The van der Waals surface area contributed by atoms with E-state index >= 15 is 0 Å². The first-order chi connectivity index (χ1) is 12.9. The quantitative estimate of drug-likeness (QED) is 0.558. The molecule has 4 aromatic rings. The summed E-state index contributed by atoms with van der Waals surface area (Å²) in [6.45, 7) is 3.57. The summed E-state index contributed by atoms with van der Waals surface area (Å²) in [7, 11) is 0. The Hall–Kier alpha value is -3.89.